The predicted octanol–water partition coefficient (Wildman–Crippen LogP) is 2.34. The van der Waals surface area contributed by atoms with Crippen molar-refractivity contribution in [3.8, 4) is 0 Å². The Morgan fingerprint density at radius 1 is 1.40 bits per heavy atom. The van der Waals surface area contributed by atoms with Crippen LogP contribution in [0.15, 0.2) is 18.6 Å². The lowest BCUT2D eigenvalue weighted by Gasteiger charge is -2.28. The Morgan fingerprint density at radius 3 is 3.13 bits per heavy atom. The standard InChI is InChI=1S/C12H15N3/c1-12(2)5-3-4-9-11(12)14-10-8-13-6-7-15(9)10/h6-8H,3-5H2,1-2H3. The van der Waals surface area contributed by atoms with Crippen molar-refractivity contribution in [2.75, 3.05) is 0 Å². The topological polar surface area (TPSA) is 30.2 Å². The normalized spacial score (nSPS) is 19.1. The summed E-state index contributed by atoms with van der Waals surface area (Å²) in [7, 11) is 0. The first-order chi connectivity index (χ1) is 7.18. The van der Waals surface area contributed by atoms with Gasteiger partial charge in [0.1, 0.15) is 0 Å². The first-order valence-corrected chi connectivity index (χ1v) is 5.50. The van der Waals surface area contributed by atoms with E-state index in [9.17, 15) is 0 Å². The van der Waals surface area contributed by atoms with Gasteiger partial charge in [0.05, 0.1) is 11.9 Å². The Hall–Kier alpha value is -1.38. The maximum Gasteiger partial charge on any atom is 0.155 e. The zero-order valence-corrected chi connectivity index (χ0v) is 9.20. The third-order valence-corrected chi connectivity index (χ3v) is 3.39. The first-order valence-electron chi connectivity index (χ1n) is 5.50. The maximum absolute atomic E-state index is 4.71. The van der Waals surface area contributed by atoms with Crippen LogP contribution in [0.4, 0.5) is 0 Å². The van der Waals surface area contributed by atoms with Crippen molar-refractivity contribution in [3.63, 3.8) is 0 Å². The van der Waals surface area contributed by atoms with Gasteiger partial charge in [-0.25, -0.2) is 4.98 Å². The van der Waals surface area contributed by atoms with Gasteiger partial charge in [-0.3, -0.25) is 4.98 Å². The minimum atomic E-state index is 0.222. The third-order valence-electron chi connectivity index (χ3n) is 3.39. The van der Waals surface area contributed by atoms with Gasteiger partial charge in [-0.1, -0.05) is 13.8 Å². The summed E-state index contributed by atoms with van der Waals surface area (Å²) in [5.74, 6) is 0. The summed E-state index contributed by atoms with van der Waals surface area (Å²) in [6.07, 6.45) is 9.32. The highest BCUT2D eigenvalue weighted by molar-refractivity contribution is 5.44. The minimum Gasteiger partial charge on any atom is -0.301 e. The summed E-state index contributed by atoms with van der Waals surface area (Å²) in [5.41, 5.74) is 3.85. The molecule has 15 heavy (non-hydrogen) atoms. The highest BCUT2D eigenvalue weighted by Gasteiger charge is 2.31. The summed E-state index contributed by atoms with van der Waals surface area (Å²) in [6, 6.07) is 0. The average Bonchev–Trinajstić information content (AvgIpc) is 2.58. The van der Waals surface area contributed by atoms with Crippen LogP contribution in [0.1, 0.15) is 38.1 Å². The van der Waals surface area contributed by atoms with Crippen LogP contribution >= 0.6 is 0 Å². The van der Waals surface area contributed by atoms with Crippen molar-refractivity contribution in [1.29, 1.82) is 0 Å². The molecule has 0 fully saturated rings. The molecule has 0 unspecified atom stereocenters. The van der Waals surface area contributed by atoms with E-state index < -0.39 is 0 Å². The second-order valence-corrected chi connectivity index (χ2v) is 4.95. The second kappa shape index (κ2) is 2.81. The van der Waals surface area contributed by atoms with E-state index >= 15 is 0 Å². The van der Waals surface area contributed by atoms with Gasteiger partial charge in [0.25, 0.3) is 0 Å². The molecule has 78 valence electrons. The van der Waals surface area contributed by atoms with Crippen LogP contribution < -0.4 is 0 Å². The predicted molar refractivity (Wildman–Crippen MR) is 59.0 cm³/mol. The number of nitrogens with zero attached hydrogens (tertiary/aromatic N) is 3. The monoisotopic (exact) mass is 201 g/mol. The van der Waals surface area contributed by atoms with Crippen molar-refractivity contribution >= 4 is 5.65 Å². The fourth-order valence-electron chi connectivity index (χ4n) is 2.55. The molecule has 0 N–H and O–H groups in total. The van der Waals surface area contributed by atoms with E-state index in [1.165, 1.54) is 24.2 Å². The van der Waals surface area contributed by atoms with Crippen molar-refractivity contribution < 1.29 is 0 Å². The number of aromatic nitrogens is 3. The molecule has 2 heterocycles. The van der Waals surface area contributed by atoms with E-state index in [1.54, 1.807) is 0 Å². The molecule has 1 aliphatic rings. The van der Waals surface area contributed by atoms with E-state index in [4.69, 9.17) is 4.98 Å². The van der Waals surface area contributed by atoms with Crippen molar-refractivity contribution in [3.05, 3.63) is 30.0 Å². The van der Waals surface area contributed by atoms with Crippen molar-refractivity contribution in [2.24, 2.45) is 0 Å². The molecule has 0 aliphatic heterocycles. The third kappa shape index (κ3) is 1.19. The van der Waals surface area contributed by atoms with Crippen LogP contribution in [0.2, 0.25) is 0 Å². The molecule has 0 atom stereocenters. The lowest BCUT2D eigenvalue weighted by atomic mass is 9.78. The minimum absolute atomic E-state index is 0.222. The Labute approximate surface area is 89.2 Å². The molecule has 0 saturated heterocycles. The molecule has 3 rings (SSSR count). The number of rotatable bonds is 0. The highest BCUT2D eigenvalue weighted by atomic mass is 15.0. The zero-order valence-electron chi connectivity index (χ0n) is 9.20. The van der Waals surface area contributed by atoms with Gasteiger partial charge in [-0.2, -0.15) is 0 Å². The second-order valence-electron chi connectivity index (χ2n) is 4.95. The van der Waals surface area contributed by atoms with Gasteiger partial charge in [0.2, 0.25) is 0 Å². The molecular weight excluding hydrogens is 186 g/mol. The van der Waals surface area contributed by atoms with Gasteiger partial charge in [0, 0.05) is 23.5 Å². The molecular formula is C12H15N3. The van der Waals surface area contributed by atoms with Crippen molar-refractivity contribution in [1.82, 2.24) is 14.4 Å². The van der Waals surface area contributed by atoms with Gasteiger partial charge >= 0.3 is 0 Å². The van der Waals surface area contributed by atoms with E-state index in [-0.39, 0.29) is 5.41 Å². The maximum atomic E-state index is 4.71. The van der Waals surface area contributed by atoms with Crippen LogP contribution in [0.3, 0.4) is 0 Å². The van der Waals surface area contributed by atoms with E-state index in [1.807, 2.05) is 18.6 Å². The first kappa shape index (κ1) is 8.89. The smallest absolute Gasteiger partial charge is 0.155 e. The highest BCUT2D eigenvalue weighted by Crippen LogP contribution is 2.36. The summed E-state index contributed by atoms with van der Waals surface area (Å²) < 4.78 is 2.18. The van der Waals surface area contributed by atoms with Crippen LogP contribution in [-0.2, 0) is 11.8 Å². The van der Waals surface area contributed by atoms with Crippen LogP contribution in [0, 0.1) is 0 Å². The molecule has 0 bridgehead atoms. The molecule has 1 aliphatic carbocycles. The van der Waals surface area contributed by atoms with E-state index in [2.05, 4.69) is 23.2 Å². The summed E-state index contributed by atoms with van der Waals surface area (Å²) >= 11 is 0. The molecule has 3 heteroatoms. The lowest BCUT2D eigenvalue weighted by Crippen LogP contribution is -2.24. The Morgan fingerprint density at radius 2 is 2.27 bits per heavy atom. The average molecular weight is 201 g/mol. The summed E-state index contributed by atoms with van der Waals surface area (Å²) in [4.78, 5) is 8.83. The number of aryl methyl sites for hydroxylation is 1. The van der Waals surface area contributed by atoms with Crippen LogP contribution in [-0.4, -0.2) is 14.4 Å². The number of fused-ring (bicyclic) bond motifs is 3. The van der Waals surface area contributed by atoms with Crippen molar-refractivity contribution in [2.45, 2.75) is 38.5 Å². The Bertz CT molecular complexity index is 511. The molecule has 0 radical (unpaired) electrons. The SMILES string of the molecule is CC1(C)CCCc2c1nc1cnccn21. The molecule has 2 aromatic heterocycles. The molecule has 2 aromatic rings. The number of hydrogen-bond acceptors (Lipinski definition) is 2. The van der Waals surface area contributed by atoms with Gasteiger partial charge in [0.15, 0.2) is 5.65 Å². The molecule has 0 saturated carbocycles. The summed E-state index contributed by atoms with van der Waals surface area (Å²) in [6.45, 7) is 4.57. The van der Waals surface area contributed by atoms with Gasteiger partial charge in [-0.15, -0.1) is 0 Å². The molecule has 0 amide bonds. The quantitative estimate of drug-likeness (QED) is 0.655. The lowest BCUT2D eigenvalue weighted by molar-refractivity contribution is 0.418. The van der Waals surface area contributed by atoms with Crippen LogP contribution in [0.25, 0.3) is 5.65 Å². The summed E-state index contributed by atoms with van der Waals surface area (Å²) in [5, 5.41) is 0. The number of imidazole rings is 1. The number of hydrogen-bond donors (Lipinski definition) is 0. The van der Waals surface area contributed by atoms with E-state index in [0.29, 0.717) is 0 Å². The largest absolute Gasteiger partial charge is 0.301 e. The Balaban J connectivity index is 2.34. The molecule has 0 spiro atoms. The molecule has 3 nitrogen and oxygen atoms in total. The Kier molecular flexibility index (Phi) is 1.67. The van der Waals surface area contributed by atoms with E-state index in [0.717, 1.165) is 12.1 Å². The fourth-order valence-corrected chi connectivity index (χ4v) is 2.55. The van der Waals surface area contributed by atoms with Gasteiger partial charge in [-0.05, 0) is 19.3 Å². The zero-order chi connectivity index (χ0) is 10.5. The fraction of sp³-hybridized carbons (Fsp3) is 0.500. The van der Waals surface area contributed by atoms with Gasteiger partial charge < -0.3 is 4.40 Å². The van der Waals surface area contributed by atoms with Crippen LogP contribution in [0.5, 0.6) is 0 Å². The molecule has 0 aromatic carbocycles.